The minimum atomic E-state index is -0.385. The fraction of sp³-hybridized carbons (Fsp3) is 0.933. The number of rotatable bonds is 9. The third-order valence-electron chi connectivity index (χ3n) is 3.80. The van der Waals surface area contributed by atoms with Gasteiger partial charge in [0.25, 0.3) is 0 Å². The van der Waals surface area contributed by atoms with E-state index in [9.17, 15) is 4.79 Å². The molecule has 1 amide bonds. The molecule has 0 aliphatic carbocycles. The van der Waals surface area contributed by atoms with E-state index in [-0.39, 0.29) is 11.9 Å². The number of carbonyl (C=O) groups excluding carboxylic acids is 1. The molecule has 0 saturated carbocycles. The Balaban J connectivity index is 4.36. The maximum absolute atomic E-state index is 12.0. The Morgan fingerprint density at radius 3 is 2.11 bits per heavy atom. The van der Waals surface area contributed by atoms with E-state index in [0.717, 1.165) is 19.3 Å². The van der Waals surface area contributed by atoms with Crippen molar-refractivity contribution in [3.8, 4) is 0 Å². The molecule has 3 N–H and O–H groups in total. The van der Waals surface area contributed by atoms with E-state index in [1.54, 1.807) is 0 Å². The van der Waals surface area contributed by atoms with Crippen molar-refractivity contribution in [2.45, 2.75) is 59.0 Å². The second kappa shape index (κ2) is 9.32. The van der Waals surface area contributed by atoms with Gasteiger partial charge in [0.2, 0.25) is 5.91 Å². The summed E-state index contributed by atoms with van der Waals surface area (Å²) in [7, 11) is 4.15. The van der Waals surface area contributed by atoms with Crippen LogP contribution in [0.5, 0.6) is 0 Å². The van der Waals surface area contributed by atoms with E-state index in [2.05, 4.69) is 52.0 Å². The summed E-state index contributed by atoms with van der Waals surface area (Å²) in [6.07, 6.45) is 3.00. The third-order valence-corrected chi connectivity index (χ3v) is 3.80. The molecule has 0 heterocycles. The maximum Gasteiger partial charge on any atom is 0.236 e. The number of carbonyl (C=O) groups is 1. The van der Waals surface area contributed by atoms with Crippen LogP contribution in [0.25, 0.3) is 0 Å². The lowest BCUT2D eigenvalue weighted by Crippen LogP contribution is -2.49. The molecule has 0 rings (SSSR count). The van der Waals surface area contributed by atoms with Gasteiger partial charge in [-0.25, -0.2) is 0 Å². The van der Waals surface area contributed by atoms with Crippen LogP contribution in [0.15, 0.2) is 0 Å². The molecule has 0 bridgehead atoms. The van der Waals surface area contributed by atoms with Gasteiger partial charge in [-0.3, -0.25) is 4.79 Å². The molecule has 0 radical (unpaired) electrons. The molecule has 4 nitrogen and oxygen atoms in total. The van der Waals surface area contributed by atoms with Crippen LogP contribution in [0.4, 0.5) is 0 Å². The van der Waals surface area contributed by atoms with Gasteiger partial charge in [0, 0.05) is 12.6 Å². The van der Waals surface area contributed by atoms with Crippen molar-refractivity contribution in [3.63, 3.8) is 0 Å². The highest BCUT2D eigenvalue weighted by Crippen LogP contribution is 2.16. The fourth-order valence-electron chi connectivity index (χ4n) is 2.55. The molecule has 0 aromatic heterocycles. The number of hydrogen-bond donors (Lipinski definition) is 2. The van der Waals surface area contributed by atoms with Crippen molar-refractivity contribution < 1.29 is 4.79 Å². The summed E-state index contributed by atoms with van der Waals surface area (Å²) in [6, 6.07) is -0.00489. The second-order valence-corrected chi connectivity index (χ2v) is 6.09. The van der Waals surface area contributed by atoms with Gasteiger partial charge in [-0.15, -0.1) is 0 Å². The number of nitrogens with two attached hydrogens (primary N) is 1. The summed E-state index contributed by atoms with van der Waals surface area (Å²) in [5.74, 6) is 1.03. The predicted molar refractivity (Wildman–Crippen MR) is 82.0 cm³/mol. The summed E-state index contributed by atoms with van der Waals surface area (Å²) in [6.45, 7) is 9.26. The van der Waals surface area contributed by atoms with Crippen molar-refractivity contribution in [1.29, 1.82) is 0 Å². The SMILES string of the molecule is CCC(CC)C(CNC(=O)[C@@H](N)CC(C)C)N(C)C. The van der Waals surface area contributed by atoms with Crippen molar-refractivity contribution in [1.82, 2.24) is 10.2 Å². The molecule has 0 saturated heterocycles. The van der Waals surface area contributed by atoms with E-state index in [4.69, 9.17) is 5.73 Å². The Labute approximate surface area is 119 Å². The minimum absolute atomic E-state index is 0.0218. The Morgan fingerprint density at radius 1 is 1.21 bits per heavy atom. The maximum atomic E-state index is 12.0. The molecule has 0 aromatic carbocycles. The Kier molecular flexibility index (Phi) is 9.02. The Bertz CT molecular complexity index is 250. The highest BCUT2D eigenvalue weighted by Gasteiger charge is 2.22. The van der Waals surface area contributed by atoms with E-state index in [0.29, 0.717) is 24.4 Å². The van der Waals surface area contributed by atoms with Crippen LogP contribution >= 0.6 is 0 Å². The van der Waals surface area contributed by atoms with Crippen molar-refractivity contribution in [3.05, 3.63) is 0 Å². The summed E-state index contributed by atoms with van der Waals surface area (Å²) in [4.78, 5) is 14.2. The molecule has 0 aliphatic rings. The van der Waals surface area contributed by atoms with Gasteiger partial charge in [0.1, 0.15) is 0 Å². The summed E-state index contributed by atoms with van der Waals surface area (Å²) in [5.41, 5.74) is 5.90. The summed E-state index contributed by atoms with van der Waals surface area (Å²) >= 11 is 0. The number of nitrogens with one attached hydrogen (secondary N) is 1. The lowest BCUT2D eigenvalue weighted by atomic mass is 9.93. The highest BCUT2D eigenvalue weighted by atomic mass is 16.2. The zero-order chi connectivity index (χ0) is 15.0. The van der Waals surface area contributed by atoms with Gasteiger partial charge in [-0.1, -0.05) is 40.5 Å². The first-order chi connectivity index (χ1) is 8.83. The first-order valence-corrected chi connectivity index (χ1v) is 7.53. The minimum Gasteiger partial charge on any atom is -0.353 e. The average Bonchev–Trinajstić information content (AvgIpc) is 2.32. The lowest BCUT2D eigenvalue weighted by molar-refractivity contribution is -0.123. The summed E-state index contributed by atoms with van der Waals surface area (Å²) < 4.78 is 0. The van der Waals surface area contributed by atoms with E-state index >= 15 is 0 Å². The molecular formula is C15H33N3O. The zero-order valence-electron chi connectivity index (χ0n) is 13.6. The third kappa shape index (κ3) is 6.92. The van der Waals surface area contributed by atoms with Crippen LogP contribution in [0, 0.1) is 11.8 Å². The van der Waals surface area contributed by atoms with E-state index in [1.807, 2.05) is 0 Å². The second-order valence-electron chi connectivity index (χ2n) is 6.09. The number of likely N-dealkylation sites (N-methyl/N-ethyl adjacent to an activating group) is 1. The smallest absolute Gasteiger partial charge is 0.236 e. The van der Waals surface area contributed by atoms with Gasteiger partial charge >= 0.3 is 0 Å². The van der Waals surface area contributed by atoms with Gasteiger partial charge in [-0.05, 0) is 32.4 Å². The van der Waals surface area contributed by atoms with Crippen LogP contribution in [0.2, 0.25) is 0 Å². The van der Waals surface area contributed by atoms with Gasteiger partial charge in [-0.2, -0.15) is 0 Å². The number of hydrogen-bond acceptors (Lipinski definition) is 3. The normalized spacial score (nSPS) is 15.1. The Hall–Kier alpha value is -0.610. The van der Waals surface area contributed by atoms with Crippen molar-refractivity contribution in [2.75, 3.05) is 20.6 Å². The lowest BCUT2D eigenvalue weighted by Gasteiger charge is -2.31. The fourth-order valence-corrected chi connectivity index (χ4v) is 2.55. The van der Waals surface area contributed by atoms with Crippen LogP contribution in [-0.4, -0.2) is 43.5 Å². The molecule has 114 valence electrons. The topological polar surface area (TPSA) is 58.4 Å². The van der Waals surface area contributed by atoms with Crippen LogP contribution in [0.3, 0.4) is 0 Å². The standard InChI is InChI=1S/C15H33N3O/c1-7-12(8-2)14(18(5)6)10-17-15(19)13(16)9-11(3)4/h11-14H,7-10,16H2,1-6H3,(H,17,19)/t13-,14?/m0/s1. The van der Waals surface area contributed by atoms with E-state index < -0.39 is 0 Å². The average molecular weight is 271 g/mol. The van der Waals surface area contributed by atoms with Crippen LogP contribution in [-0.2, 0) is 4.79 Å². The van der Waals surface area contributed by atoms with Gasteiger partial charge in [0.15, 0.2) is 0 Å². The first-order valence-electron chi connectivity index (χ1n) is 7.53. The molecule has 0 aromatic rings. The molecule has 0 aliphatic heterocycles. The predicted octanol–water partition coefficient (Wildman–Crippen LogP) is 1.84. The molecular weight excluding hydrogens is 238 g/mol. The molecule has 19 heavy (non-hydrogen) atoms. The van der Waals surface area contributed by atoms with Crippen molar-refractivity contribution in [2.24, 2.45) is 17.6 Å². The van der Waals surface area contributed by atoms with Crippen LogP contribution in [0.1, 0.15) is 47.0 Å². The largest absolute Gasteiger partial charge is 0.353 e. The number of amides is 1. The monoisotopic (exact) mass is 271 g/mol. The number of nitrogens with zero attached hydrogens (tertiary/aromatic N) is 1. The summed E-state index contributed by atoms with van der Waals surface area (Å²) in [5, 5.41) is 3.01. The van der Waals surface area contributed by atoms with Crippen LogP contribution < -0.4 is 11.1 Å². The van der Waals surface area contributed by atoms with Gasteiger partial charge < -0.3 is 16.0 Å². The zero-order valence-corrected chi connectivity index (χ0v) is 13.6. The van der Waals surface area contributed by atoms with Crippen molar-refractivity contribution >= 4 is 5.91 Å². The molecule has 4 heteroatoms. The quantitative estimate of drug-likeness (QED) is 0.673. The molecule has 2 atom stereocenters. The Morgan fingerprint density at radius 2 is 1.74 bits per heavy atom. The highest BCUT2D eigenvalue weighted by molar-refractivity contribution is 5.81. The molecule has 0 fully saturated rings. The van der Waals surface area contributed by atoms with E-state index in [1.165, 1.54) is 0 Å². The first kappa shape index (κ1) is 18.4. The molecule has 1 unspecified atom stereocenters. The van der Waals surface area contributed by atoms with Gasteiger partial charge in [0.05, 0.1) is 6.04 Å². The molecule has 0 spiro atoms.